The Labute approximate surface area is 240 Å². The number of carboxylic acid groups (broad SMARTS) is 1. The molecule has 5 unspecified atom stereocenters. The van der Waals surface area contributed by atoms with Gasteiger partial charge in [0.05, 0.1) is 19.1 Å². The number of carbonyl (C=O) groups excluding carboxylic acids is 6. The van der Waals surface area contributed by atoms with Gasteiger partial charge in [-0.05, 0) is 12.0 Å². The maximum absolute atomic E-state index is 13.0. The number of primary amides is 2. The Balaban J connectivity index is 3.03. The van der Waals surface area contributed by atoms with Gasteiger partial charge in [0.1, 0.15) is 24.2 Å². The molecule has 0 aliphatic carbocycles. The standard InChI is InChI=1S/C24H35N7O9S/c25-13(9-19(27)34)20(35)31-17(11-41)23(38)30-16(10-32)22(37)29-15(8-12-4-2-1-3-5-12)21(36)28-14(24(39)40)6-7-18(26)33/h1-5,13-17,32,41H,6-11,25H2,(H2,26,33)(H2,27,34)(H,28,36)(H,29,37)(H,30,38)(H,31,35)(H,39,40). The number of aliphatic carboxylic acids is 1. The fourth-order valence-electron chi connectivity index (χ4n) is 3.40. The van der Waals surface area contributed by atoms with E-state index in [-0.39, 0.29) is 25.0 Å². The first-order valence-corrected chi connectivity index (χ1v) is 12.9. The second-order valence-electron chi connectivity index (χ2n) is 8.92. The number of carbonyl (C=O) groups is 7. The average molecular weight is 598 g/mol. The van der Waals surface area contributed by atoms with Crippen molar-refractivity contribution in [2.45, 2.75) is 55.9 Å². The number of rotatable bonds is 18. The van der Waals surface area contributed by atoms with Crippen molar-refractivity contribution >= 4 is 54.0 Å². The minimum Gasteiger partial charge on any atom is -0.480 e. The lowest BCUT2D eigenvalue weighted by atomic mass is 10.0. The van der Waals surface area contributed by atoms with Gasteiger partial charge in [0, 0.05) is 18.6 Å². The van der Waals surface area contributed by atoms with Crippen molar-refractivity contribution in [3.8, 4) is 0 Å². The summed E-state index contributed by atoms with van der Waals surface area (Å²) in [4.78, 5) is 84.5. The van der Waals surface area contributed by atoms with Crippen molar-refractivity contribution < 1.29 is 43.8 Å². The number of aliphatic hydroxyl groups excluding tert-OH is 1. The number of nitrogens with one attached hydrogen (secondary N) is 4. The highest BCUT2D eigenvalue weighted by molar-refractivity contribution is 7.80. The van der Waals surface area contributed by atoms with Gasteiger partial charge in [-0.15, -0.1) is 0 Å². The minimum absolute atomic E-state index is 0.0975. The van der Waals surface area contributed by atoms with E-state index < -0.39 is 84.6 Å². The number of benzene rings is 1. The van der Waals surface area contributed by atoms with E-state index in [9.17, 15) is 43.8 Å². The lowest BCUT2D eigenvalue weighted by Crippen LogP contribution is -2.60. The van der Waals surface area contributed by atoms with Crippen molar-refractivity contribution in [2.24, 2.45) is 17.2 Å². The molecule has 0 heterocycles. The highest BCUT2D eigenvalue weighted by Gasteiger charge is 2.31. The number of aliphatic hydroxyl groups is 1. The van der Waals surface area contributed by atoms with Crippen molar-refractivity contribution in [1.82, 2.24) is 21.3 Å². The summed E-state index contributed by atoms with van der Waals surface area (Å²) in [5, 5.41) is 28.3. The first kappa shape index (κ1) is 34.8. The van der Waals surface area contributed by atoms with Crippen molar-refractivity contribution in [3.63, 3.8) is 0 Å². The summed E-state index contributed by atoms with van der Waals surface area (Å²) in [6.07, 6.45) is -1.19. The van der Waals surface area contributed by atoms with Crippen LogP contribution in [-0.4, -0.2) is 94.2 Å². The molecule has 0 fully saturated rings. The molecule has 16 nitrogen and oxygen atoms in total. The smallest absolute Gasteiger partial charge is 0.326 e. The van der Waals surface area contributed by atoms with Gasteiger partial charge in [0.15, 0.2) is 0 Å². The largest absolute Gasteiger partial charge is 0.480 e. The Morgan fingerprint density at radius 2 is 1.27 bits per heavy atom. The first-order chi connectivity index (χ1) is 19.3. The zero-order valence-electron chi connectivity index (χ0n) is 21.9. The Bertz CT molecular complexity index is 1110. The van der Waals surface area contributed by atoms with Crippen molar-refractivity contribution in [3.05, 3.63) is 35.9 Å². The Hall–Kier alpha value is -4.22. The van der Waals surface area contributed by atoms with Crippen LogP contribution in [0.1, 0.15) is 24.8 Å². The maximum Gasteiger partial charge on any atom is 0.326 e. The number of thiol groups is 1. The molecule has 0 saturated heterocycles. The summed E-state index contributed by atoms with van der Waals surface area (Å²) in [6, 6.07) is 1.27. The molecule has 1 rings (SSSR count). The topological polar surface area (TPSA) is 286 Å². The van der Waals surface area contributed by atoms with E-state index in [1.54, 1.807) is 30.3 Å². The molecule has 1 aromatic carbocycles. The molecule has 226 valence electrons. The van der Waals surface area contributed by atoms with Gasteiger partial charge >= 0.3 is 5.97 Å². The molecule has 41 heavy (non-hydrogen) atoms. The van der Waals surface area contributed by atoms with Gasteiger partial charge < -0.3 is 48.7 Å². The minimum atomic E-state index is -1.60. The predicted octanol–water partition coefficient (Wildman–Crippen LogP) is -4.36. The van der Waals surface area contributed by atoms with Gasteiger partial charge in [-0.1, -0.05) is 30.3 Å². The van der Waals surface area contributed by atoms with E-state index in [4.69, 9.17) is 17.2 Å². The number of nitrogens with two attached hydrogens (primary N) is 3. The summed E-state index contributed by atoms with van der Waals surface area (Å²) < 4.78 is 0. The van der Waals surface area contributed by atoms with E-state index in [0.29, 0.717) is 5.56 Å². The van der Waals surface area contributed by atoms with Crippen LogP contribution in [0.15, 0.2) is 30.3 Å². The second-order valence-corrected chi connectivity index (χ2v) is 9.28. The Kier molecular flexibility index (Phi) is 14.8. The predicted molar refractivity (Wildman–Crippen MR) is 147 cm³/mol. The number of carboxylic acids is 1. The normalized spacial score (nSPS) is 14.3. The van der Waals surface area contributed by atoms with Gasteiger partial charge in [-0.2, -0.15) is 12.6 Å². The SMILES string of the molecule is NC(=O)CCC(NC(=O)C(Cc1ccccc1)NC(=O)C(CO)NC(=O)C(CS)NC(=O)C(N)CC(N)=O)C(=O)O. The Morgan fingerprint density at radius 1 is 0.756 bits per heavy atom. The van der Waals surface area contributed by atoms with Crippen LogP contribution in [0.3, 0.4) is 0 Å². The first-order valence-electron chi connectivity index (χ1n) is 12.3. The van der Waals surface area contributed by atoms with Crippen LogP contribution in [0.2, 0.25) is 0 Å². The van der Waals surface area contributed by atoms with E-state index in [1.807, 2.05) is 0 Å². The van der Waals surface area contributed by atoms with E-state index in [2.05, 4.69) is 33.9 Å². The molecular weight excluding hydrogens is 562 g/mol. The van der Waals surface area contributed by atoms with Crippen LogP contribution < -0.4 is 38.5 Å². The molecule has 6 amide bonds. The zero-order chi connectivity index (χ0) is 31.1. The summed E-state index contributed by atoms with van der Waals surface area (Å²) in [6.45, 7) is -0.915. The number of amides is 6. The molecule has 0 radical (unpaired) electrons. The molecule has 0 aliphatic heterocycles. The van der Waals surface area contributed by atoms with Crippen LogP contribution in [0, 0.1) is 0 Å². The van der Waals surface area contributed by atoms with E-state index >= 15 is 0 Å². The number of hydrogen-bond donors (Lipinski definition) is 10. The molecule has 12 N–H and O–H groups in total. The zero-order valence-corrected chi connectivity index (χ0v) is 22.8. The van der Waals surface area contributed by atoms with Crippen molar-refractivity contribution in [1.29, 1.82) is 0 Å². The molecule has 17 heteroatoms. The summed E-state index contributed by atoms with van der Waals surface area (Å²) in [5.74, 6) is -7.02. The lowest BCUT2D eigenvalue weighted by molar-refractivity contribution is -0.142. The number of hydrogen-bond acceptors (Lipinski definition) is 10. The van der Waals surface area contributed by atoms with Crippen molar-refractivity contribution in [2.75, 3.05) is 12.4 Å². The summed E-state index contributed by atoms with van der Waals surface area (Å²) in [5.41, 5.74) is 16.2. The summed E-state index contributed by atoms with van der Waals surface area (Å²) in [7, 11) is 0. The quantitative estimate of drug-likeness (QED) is 0.0725. The summed E-state index contributed by atoms with van der Waals surface area (Å²) >= 11 is 3.99. The van der Waals surface area contributed by atoms with E-state index in [1.165, 1.54) is 0 Å². The molecule has 1 aromatic rings. The molecular formula is C24H35N7O9S. The van der Waals surface area contributed by atoms with Crippen LogP contribution in [-0.2, 0) is 40.0 Å². The van der Waals surface area contributed by atoms with Gasteiger partial charge in [0.2, 0.25) is 35.4 Å². The third kappa shape index (κ3) is 12.7. The molecule has 0 aromatic heterocycles. The molecule has 0 saturated carbocycles. The van der Waals surface area contributed by atoms with Crippen LogP contribution in [0.5, 0.6) is 0 Å². The molecule has 0 spiro atoms. The van der Waals surface area contributed by atoms with E-state index in [0.717, 1.165) is 0 Å². The fourth-order valence-corrected chi connectivity index (χ4v) is 3.65. The van der Waals surface area contributed by atoms with Crippen LogP contribution in [0.25, 0.3) is 0 Å². The monoisotopic (exact) mass is 597 g/mol. The second kappa shape index (κ2) is 17.5. The van der Waals surface area contributed by atoms with Crippen LogP contribution in [0.4, 0.5) is 0 Å². The average Bonchev–Trinajstić information content (AvgIpc) is 2.91. The van der Waals surface area contributed by atoms with Gasteiger partial charge in [0.25, 0.3) is 0 Å². The Morgan fingerprint density at radius 3 is 1.78 bits per heavy atom. The van der Waals surface area contributed by atoms with Crippen LogP contribution >= 0.6 is 12.6 Å². The highest BCUT2D eigenvalue weighted by Crippen LogP contribution is 2.06. The third-order valence-corrected chi connectivity index (χ3v) is 5.96. The molecule has 0 bridgehead atoms. The maximum atomic E-state index is 13.0. The van der Waals surface area contributed by atoms with Gasteiger partial charge in [-0.3, -0.25) is 28.8 Å². The molecule has 0 aliphatic rings. The molecule has 5 atom stereocenters. The lowest BCUT2D eigenvalue weighted by Gasteiger charge is -2.25. The fraction of sp³-hybridized carbons (Fsp3) is 0.458. The van der Waals surface area contributed by atoms with Gasteiger partial charge in [-0.25, -0.2) is 4.79 Å². The third-order valence-electron chi connectivity index (χ3n) is 5.60. The highest BCUT2D eigenvalue weighted by atomic mass is 32.1.